The summed E-state index contributed by atoms with van der Waals surface area (Å²) < 4.78 is 0. The molecule has 4 rings (SSSR count). The molecule has 0 saturated heterocycles. The number of hydrogen-bond donors (Lipinski definition) is 3. The Bertz CT molecular complexity index is 1230. The Morgan fingerprint density at radius 1 is 1.23 bits per heavy atom. The van der Waals surface area contributed by atoms with Gasteiger partial charge in [0.15, 0.2) is 0 Å². The maximum atomic E-state index is 12.6. The normalized spacial score (nSPS) is 19.5. The van der Waals surface area contributed by atoms with E-state index in [0.717, 1.165) is 22.1 Å². The number of nitrogens with zero attached hydrogens (tertiary/aromatic N) is 3. The Balaban J connectivity index is 1.71. The zero-order chi connectivity index (χ0) is 22.1. The van der Waals surface area contributed by atoms with E-state index in [1.54, 1.807) is 30.7 Å². The van der Waals surface area contributed by atoms with Gasteiger partial charge in [-0.2, -0.15) is 5.26 Å². The maximum absolute atomic E-state index is 12.6. The summed E-state index contributed by atoms with van der Waals surface area (Å²) in [6.45, 7) is 3.92. The molecule has 3 atom stereocenters. The van der Waals surface area contributed by atoms with Gasteiger partial charge in [0.05, 0.1) is 11.8 Å². The first-order valence-corrected chi connectivity index (χ1v) is 9.91. The molecule has 0 bridgehead atoms. The minimum Gasteiger partial charge on any atom is -0.465 e. The number of anilines is 2. The highest BCUT2D eigenvalue weighted by Crippen LogP contribution is 2.48. The average Bonchev–Trinajstić information content (AvgIpc) is 3.37. The van der Waals surface area contributed by atoms with Crippen LogP contribution >= 0.6 is 0 Å². The number of carboxylic acid groups (broad SMARTS) is 1. The van der Waals surface area contributed by atoms with Gasteiger partial charge in [0.1, 0.15) is 5.82 Å². The van der Waals surface area contributed by atoms with Crippen LogP contribution in [0.5, 0.6) is 0 Å². The number of rotatable bonds is 5. The average molecular weight is 415 g/mol. The minimum absolute atomic E-state index is 0.0805. The molecule has 31 heavy (non-hydrogen) atoms. The highest BCUT2D eigenvalue weighted by Gasteiger charge is 2.51. The van der Waals surface area contributed by atoms with Gasteiger partial charge in [0, 0.05) is 41.9 Å². The SMILES string of the molecule is Cc1ccncc1-c1cc(NC(=O)O)c2cnc(NC(=O)C3C(C)C3CC#N)cc2c1. The molecule has 1 saturated carbocycles. The Morgan fingerprint density at radius 2 is 2.03 bits per heavy atom. The number of amides is 2. The van der Waals surface area contributed by atoms with E-state index >= 15 is 0 Å². The van der Waals surface area contributed by atoms with Crippen molar-refractivity contribution in [2.24, 2.45) is 17.8 Å². The molecule has 8 nitrogen and oxygen atoms in total. The lowest BCUT2D eigenvalue weighted by Crippen LogP contribution is -2.16. The van der Waals surface area contributed by atoms with E-state index in [1.807, 2.05) is 26.0 Å². The van der Waals surface area contributed by atoms with Crippen molar-refractivity contribution in [3.8, 4) is 17.2 Å². The van der Waals surface area contributed by atoms with Crippen LogP contribution in [0.2, 0.25) is 0 Å². The smallest absolute Gasteiger partial charge is 0.409 e. The van der Waals surface area contributed by atoms with Crippen molar-refractivity contribution in [3.05, 3.63) is 48.4 Å². The van der Waals surface area contributed by atoms with E-state index in [4.69, 9.17) is 5.26 Å². The number of carbonyl (C=O) groups is 2. The summed E-state index contributed by atoms with van der Waals surface area (Å²) in [4.78, 5) is 32.4. The number of nitrogens with one attached hydrogen (secondary N) is 2. The second-order valence-electron chi connectivity index (χ2n) is 7.84. The van der Waals surface area contributed by atoms with Gasteiger partial charge in [-0.25, -0.2) is 9.78 Å². The van der Waals surface area contributed by atoms with E-state index < -0.39 is 6.09 Å². The molecular formula is C23H21N5O3. The second-order valence-corrected chi connectivity index (χ2v) is 7.84. The third-order valence-electron chi connectivity index (χ3n) is 5.87. The number of pyridine rings is 2. The lowest BCUT2D eigenvalue weighted by molar-refractivity contribution is -0.117. The van der Waals surface area contributed by atoms with Gasteiger partial charge >= 0.3 is 6.09 Å². The van der Waals surface area contributed by atoms with E-state index in [9.17, 15) is 14.7 Å². The zero-order valence-corrected chi connectivity index (χ0v) is 17.1. The molecule has 3 N–H and O–H groups in total. The van der Waals surface area contributed by atoms with Crippen molar-refractivity contribution in [3.63, 3.8) is 0 Å². The lowest BCUT2D eigenvalue weighted by Gasteiger charge is -2.13. The number of fused-ring (bicyclic) bond motifs is 1. The number of aromatic nitrogens is 2. The predicted octanol–water partition coefficient (Wildman–Crippen LogP) is 4.43. The third kappa shape index (κ3) is 4.03. The van der Waals surface area contributed by atoms with Gasteiger partial charge in [-0.05, 0) is 59.5 Å². The van der Waals surface area contributed by atoms with Gasteiger partial charge in [-0.3, -0.25) is 15.1 Å². The summed E-state index contributed by atoms with van der Waals surface area (Å²) in [5, 5.41) is 24.8. The number of carbonyl (C=O) groups excluding carboxylic acids is 1. The third-order valence-corrected chi connectivity index (χ3v) is 5.87. The number of hydrogen-bond acceptors (Lipinski definition) is 5. The van der Waals surface area contributed by atoms with Crippen molar-refractivity contribution in [2.75, 3.05) is 10.6 Å². The minimum atomic E-state index is -1.18. The van der Waals surface area contributed by atoms with Crippen molar-refractivity contribution in [1.29, 1.82) is 5.26 Å². The molecule has 156 valence electrons. The Kier molecular flexibility index (Phi) is 5.26. The van der Waals surface area contributed by atoms with Crippen LogP contribution in [0.15, 0.2) is 42.9 Å². The standard InChI is InChI=1S/C23H21N5O3/c1-12-4-6-25-10-17(12)14-7-15-9-20(26-11-18(15)19(8-14)27-23(30)31)28-22(29)21-13(2)16(21)3-5-24/h4,6-11,13,16,21,27H,3H2,1-2H3,(H,30,31)(H,26,28,29). The molecule has 1 aromatic carbocycles. The lowest BCUT2D eigenvalue weighted by atomic mass is 9.99. The number of nitriles is 1. The van der Waals surface area contributed by atoms with Gasteiger partial charge in [-0.15, -0.1) is 0 Å². The molecule has 3 unspecified atom stereocenters. The van der Waals surface area contributed by atoms with Crippen molar-refractivity contribution in [1.82, 2.24) is 9.97 Å². The van der Waals surface area contributed by atoms with Gasteiger partial charge in [0.2, 0.25) is 5.91 Å². The summed E-state index contributed by atoms with van der Waals surface area (Å²) in [7, 11) is 0. The fraction of sp³-hybridized carbons (Fsp3) is 0.261. The van der Waals surface area contributed by atoms with Gasteiger partial charge in [-0.1, -0.05) is 6.92 Å². The molecule has 0 aliphatic heterocycles. The van der Waals surface area contributed by atoms with Gasteiger partial charge in [0.25, 0.3) is 0 Å². The first kappa shape index (κ1) is 20.3. The van der Waals surface area contributed by atoms with Crippen LogP contribution in [0.3, 0.4) is 0 Å². The van der Waals surface area contributed by atoms with E-state index in [1.165, 1.54) is 0 Å². The number of aryl methyl sites for hydroxylation is 1. The molecule has 0 radical (unpaired) electrons. The molecular weight excluding hydrogens is 394 g/mol. The first-order valence-electron chi connectivity index (χ1n) is 9.91. The molecule has 2 amide bonds. The van der Waals surface area contributed by atoms with Crippen LogP contribution in [-0.4, -0.2) is 27.1 Å². The highest BCUT2D eigenvalue weighted by molar-refractivity contribution is 6.04. The molecule has 8 heteroatoms. The Hall–Kier alpha value is -3.99. The quantitative estimate of drug-likeness (QED) is 0.565. The molecule has 2 aromatic heterocycles. The van der Waals surface area contributed by atoms with E-state index in [0.29, 0.717) is 23.3 Å². The fourth-order valence-corrected chi connectivity index (χ4v) is 4.07. The summed E-state index contributed by atoms with van der Waals surface area (Å²) >= 11 is 0. The predicted molar refractivity (Wildman–Crippen MR) is 116 cm³/mol. The molecule has 1 aliphatic rings. The Labute approximate surface area is 178 Å². The van der Waals surface area contributed by atoms with E-state index in [2.05, 4.69) is 26.7 Å². The van der Waals surface area contributed by atoms with Crippen LogP contribution in [0.25, 0.3) is 21.9 Å². The maximum Gasteiger partial charge on any atom is 0.409 e. The van der Waals surface area contributed by atoms with Crippen LogP contribution in [0, 0.1) is 36.0 Å². The van der Waals surface area contributed by atoms with Crippen LogP contribution in [0.1, 0.15) is 18.9 Å². The Morgan fingerprint density at radius 3 is 2.74 bits per heavy atom. The molecule has 3 aromatic rings. The largest absolute Gasteiger partial charge is 0.465 e. The highest BCUT2D eigenvalue weighted by atomic mass is 16.4. The molecule has 1 fully saturated rings. The summed E-state index contributed by atoms with van der Waals surface area (Å²) in [6.07, 6.45) is 4.16. The summed E-state index contributed by atoms with van der Waals surface area (Å²) in [5.74, 6) is 0.297. The van der Waals surface area contributed by atoms with Crippen LogP contribution < -0.4 is 10.6 Å². The van der Waals surface area contributed by atoms with Crippen molar-refractivity contribution < 1.29 is 14.7 Å². The zero-order valence-electron chi connectivity index (χ0n) is 17.1. The summed E-state index contributed by atoms with van der Waals surface area (Å²) in [6, 6.07) is 9.40. The monoisotopic (exact) mass is 415 g/mol. The van der Waals surface area contributed by atoms with Crippen molar-refractivity contribution in [2.45, 2.75) is 20.3 Å². The first-order chi connectivity index (χ1) is 14.9. The fourth-order valence-electron chi connectivity index (χ4n) is 4.07. The van der Waals surface area contributed by atoms with Crippen LogP contribution in [-0.2, 0) is 4.79 Å². The number of benzene rings is 1. The van der Waals surface area contributed by atoms with Crippen LogP contribution in [0.4, 0.5) is 16.3 Å². The van der Waals surface area contributed by atoms with Crippen molar-refractivity contribution >= 4 is 34.3 Å². The van der Waals surface area contributed by atoms with E-state index in [-0.39, 0.29) is 23.7 Å². The second kappa shape index (κ2) is 8.03. The molecule has 0 spiro atoms. The summed E-state index contributed by atoms with van der Waals surface area (Å²) in [5.41, 5.74) is 3.09. The van der Waals surface area contributed by atoms with Gasteiger partial charge < -0.3 is 10.4 Å². The molecule has 1 aliphatic carbocycles. The topological polar surface area (TPSA) is 128 Å². The molecule has 2 heterocycles.